The molecular formula is C18H18N2O3. The minimum atomic E-state index is -0.325. The molecule has 0 aliphatic carbocycles. The van der Waals surface area contributed by atoms with E-state index in [0.29, 0.717) is 23.4 Å². The van der Waals surface area contributed by atoms with Crippen molar-refractivity contribution < 1.29 is 14.3 Å². The van der Waals surface area contributed by atoms with Crippen LogP contribution >= 0.6 is 0 Å². The third-order valence-electron chi connectivity index (χ3n) is 3.47. The summed E-state index contributed by atoms with van der Waals surface area (Å²) < 4.78 is 10.8. The van der Waals surface area contributed by atoms with Crippen molar-refractivity contribution in [2.75, 3.05) is 20.8 Å². The van der Waals surface area contributed by atoms with Crippen molar-refractivity contribution in [3.63, 3.8) is 0 Å². The molecule has 1 N–H and O–H groups in total. The lowest BCUT2D eigenvalue weighted by molar-refractivity contribution is 0.0819. The maximum absolute atomic E-state index is 12.2. The number of hydrogen-bond donors (Lipinski definition) is 1. The van der Waals surface area contributed by atoms with E-state index in [1.165, 1.54) is 0 Å². The third-order valence-corrected chi connectivity index (χ3v) is 3.47. The van der Waals surface area contributed by atoms with E-state index < -0.39 is 0 Å². The zero-order valence-electron chi connectivity index (χ0n) is 13.1. The van der Waals surface area contributed by atoms with E-state index >= 15 is 0 Å². The van der Waals surface area contributed by atoms with Gasteiger partial charge in [-0.25, -0.2) is 0 Å². The number of benzene rings is 2. The number of ether oxygens (including phenoxy) is 2. The fourth-order valence-electron chi connectivity index (χ4n) is 2.27. The Hall–Kier alpha value is -2.84. The molecule has 1 atom stereocenters. The maximum atomic E-state index is 12.2. The lowest BCUT2D eigenvalue weighted by Crippen LogP contribution is -2.29. The minimum Gasteiger partial charge on any atom is -0.496 e. The molecule has 2 aromatic carbocycles. The van der Waals surface area contributed by atoms with Crippen LogP contribution in [-0.4, -0.2) is 26.7 Å². The highest BCUT2D eigenvalue weighted by Gasteiger charge is 2.16. The lowest BCUT2D eigenvalue weighted by Gasteiger charge is -2.19. The molecule has 0 saturated heterocycles. The molecule has 0 fully saturated rings. The summed E-state index contributed by atoms with van der Waals surface area (Å²) in [6.45, 7) is 0.298. The summed E-state index contributed by atoms with van der Waals surface area (Å²) in [6.07, 6.45) is -0.325. The zero-order chi connectivity index (χ0) is 16.7. The van der Waals surface area contributed by atoms with Gasteiger partial charge >= 0.3 is 0 Å². The molecule has 0 heterocycles. The van der Waals surface area contributed by atoms with Gasteiger partial charge in [0.1, 0.15) is 11.9 Å². The largest absolute Gasteiger partial charge is 0.496 e. The van der Waals surface area contributed by atoms with E-state index in [0.717, 1.165) is 5.56 Å². The Labute approximate surface area is 135 Å². The van der Waals surface area contributed by atoms with Crippen LogP contribution in [0.1, 0.15) is 27.6 Å². The van der Waals surface area contributed by atoms with Gasteiger partial charge in [-0.3, -0.25) is 4.79 Å². The molecule has 5 nitrogen and oxygen atoms in total. The normalized spacial score (nSPS) is 11.3. The van der Waals surface area contributed by atoms with Crippen LogP contribution < -0.4 is 10.1 Å². The van der Waals surface area contributed by atoms with Gasteiger partial charge in [-0.1, -0.05) is 24.3 Å². The van der Waals surface area contributed by atoms with E-state index in [1.54, 1.807) is 38.5 Å². The van der Waals surface area contributed by atoms with Crippen LogP contribution in [0.25, 0.3) is 0 Å². The average molecular weight is 310 g/mol. The maximum Gasteiger partial charge on any atom is 0.251 e. The van der Waals surface area contributed by atoms with E-state index in [9.17, 15) is 4.79 Å². The molecule has 2 rings (SSSR count). The Bertz CT molecular complexity index is 722. The van der Waals surface area contributed by atoms with Gasteiger partial charge in [-0.05, 0) is 24.3 Å². The second-order valence-electron chi connectivity index (χ2n) is 4.87. The van der Waals surface area contributed by atoms with Crippen LogP contribution in [0, 0.1) is 11.3 Å². The van der Waals surface area contributed by atoms with E-state index in [-0.39, 0.29) is 12.0 Å². The molecule has 2 aromatic rings. The summed E-state index contributed by atoms with van der Waals surface area (Å²) in [5.41, 5.74) is 1.76. The summed E-state index contributed by atoms with van der Waals surface area (Å²) in [5.74, 6) is 0.458. The molecule has 1 amide bonds. The quantitative estimate of drug-likeness (QED) is 0.890. The molecule has 0 aromatic heterocycles. The van der Waals surface area contributed by atoms with Gasteiger partial charge in [0, 0.05) is 24.8 Å². The Balaban J connectivity index is 2.08. The highest BCUT2D eigenvalue weighted by atomic mass is 16.5. The van der Waals surface area contributed by atoms with Crippen LogP contribution in [0.5, 0.6) is 5.75 Å². The summed E-state index contributed by atoms with van der Waals surface area (Å²) in [4.78, 5) is 12.2. The molecule has 0 spiro atoms. The fourth-order valence-corrected chi connectivity index (χ4v) is 2.27. The zero-order valence-corrected chi connectivity index (χ0v) is 13.1. The number of rotatable bonds is 6. The number of methoxy groups -OCH3 is 2. The Morgan fingerprint density at radius 3 is 2.70 bits per heavy atom. The monoisotopic (exact) mass is 310 g/mol. The number of hydrogen-bond acceptors (Lipinski definition) is 4. The van der Waals surface area contributed by atoms with Crippen molar-refractivity contribution in [1.29, 1.82) is 5.26 Å². The standard InChI is InChI=1S/C18H18N2O3/c1-22-16-9-4-3-8-15(16)17(23-2)12-20-18(21)14-7-5-6-13(10-14)11-19/h3-10,17H,12H2,1-2H3,(H,20,21)/t17-/m1/s1. The summed E-state index contributed by atoms with van der Waals surface area (Å²) in [5, 5.41) is 11.7. The van der Waals surface area contributed by atoms with E-state index in [4.69, 9.17) is 14.7 Å². The van der Waals surface area contributed by atoms with E-state index in [1.807, 2.05) is 30.3 Å². The number of carbonyl (C=O) groups excluding carboxylic acids is 1. The van der Waals surface area contributed by atoms with Crippen molar-refractivity contribution in [1.82, 2.24) is 5.32 Å². The van der Waals surface area contributed by atoms with Crippen molar-refractivity contribution in [3.8, 4) is 11.8 Å². The number of para-hydroxylation sites is 1. The van der Waals surface area contributed by atoms with Crippen molar-refractivity contribution in [2.45, 2.75) is 6.10 Å². The minimum absolute atomic E-state index is 0.251. The molecule has 0 saturated carbocycles. The highest BCUT2D eigenvalue weighted by molar-refractivity contribution is 5.94. The number of nitrogens with one attached hydrogen (secondary N) is 1. The molecule has 0 aliphatic rings. The smallest absolute Gasteiger partial charge is 0.251 e. The van der Waals surface area contributed by atoms with Gasteiger partial charge in [0.2, 0.25) is 0 Å². The SMILES string of the molecule is COc1ccccc1[C@@H](CNC(=O)c1cccc(C#N)c1)OC. The van der Waals surface area contributed by atoms with Gasteiger partial charge in [-0.2, -0.15) is 5.26 Å². The predicted octanol–water partition coefficient (Wildman–Crippen LogP) is 2.68. The first-order valence-corrected chi connectivity index (χ1v) is 7.13. The highest BCUT2D eigenvalue weighted by Crippen LogP contribution is 2.26. The van der Waals surface area contributed by atoms with Crippen LogP contribution in [0.2, 0.25) is 0 Å². The Kier molecular flexibility index (Phi) is 5.73. The average Bonchev–Trinajstić information content (AvgIpc) is 2.62. The van der Waals surface area contributed by atoms with Gasteiger partial charge < -0.3 is 14.8 Å². The molecule has 5 heteroatoms. The lowest BCUT2D eigenvalue weighted by atomic mass is 10.1. The Morgan fingerprint density at radius 1 is 1.22 bits per heavy atom. The fraction of sp³-hybridized carbons (Fsp3) is 0.222. The molecule has 118 valence electrons. The van der Waals surface area contributed by atoms with E-state index in [2.05, 4.69) is 5.32 Å². The summed E-state index contributed by atoms with van der Waals surface area (Å²) in [6, 6.07) is 16.1. The first-order chi connectivity index (χ1) is 11.2. The predicted molar refractivity (Wildman–Crippen MR) is 86.2 cm³/mol. The van der Waals surface area contributed by atoms with Crippen LogP contribution in [0.3, 0.4) is 0 Å². The number of amides is 1. The Morgan fingerprint density at radius 2 is 2.00 bits per heavy atom. The van der Waals surface area contributed by atoms with Gasteiger partial charge in [0.15, 0.2) is 0 Å². The molecular weight excluding hydrogens is 292 g/mol. The van der Waals surface area contributed by atoms with Crippen molar-refractivity contribution in [2.24, 2.45) is 0 Å². The van der Waals surface area contributed by atoms with Gasteiger partial charge in [0.05, 0.1) is 18.7 Å². The molecule has 0 aliphatic heterocycles. The molecule has 0 bridgehead atoms. The van der Waals surface area contributed by atoms with Crippen LogP contribution in [0.15, 0.2) is 48.5 Å². The molecule has 0 unspecified atom stereocenters. The second-order valence-corrected chi connectivity index (χ2v) is 4.87. The van der Waals surface area contributed by atoms with Crippen LogP contribution in [-0.2, 0) is 4.74 Å². The van der Waals surface area contributed by atoms with Crippen molar-refractivity contribution >= 4 is 5.91 Å². The third kappa shape index (κ3) is 4.09. The second kappa shape index (κ2) is 7.97. The van der Waals surface area contributed by atoms with Gasteiger partial charge in [-0.15, -0.1) is 0 Å². The first-order valence-electron chi connectivity index (χ1n) is 7.13. The van der Waals surface area contributed by atoms with Crippen LogP contribution in [0.4, 0.5) is 0 Å². The number of nitriles is 1. The topological polar surface area (TPSA) is 71.3 Å². The molecule has 0 radical (unpaired) electrons. The van der Waals surface area contributed by atoms with Gasteiger partial charge in [0.25, 0.3) is 5.91 Å². The number of carbonyl (C=O) groups is 1. The molecule has 23 heavy (non-hydrogen) atoms. The van der Waals surface area contributed by atoms with Crippen molar-refractivity contribution in [3.05, 3.63) is 65.2 Å². The summed E-state index contributed by atoms with van der Waals surface area (Å²) in [7, 11) is 3.18. The first kappa shape index (κ1) is 16.5. The number of nitrogens with zero attached hydrogens (tertiary/aromatic N) is 1. The summed E-state index contributed by atoms with van der Waals surface area (Å²) >= 11 is 0.